The molecule has 1 aromatic carbocycles. The number of carboxylic acids is 1. The molecular formula is C16H23NO4. The summed E-state index contributed by atoms with van der Waals surface area (Å²) in [5.74, 6) is -0.322. The van der Waals surface area contributed by atoms with Crippen LogP contribution in [-0.2, 0) is 9.59 Å². The lowest BCUT2D eigenvalue weighted by molar-refractivity contribution is -0.139. The molecular weight excluding hydrogens is 270 g/mol. The molecule has 0 aliphatic heterocycles. The zero-order valence-electron chi connectivity index (χ0n) is 13.0. The monoisotopic (exact) mass is 293 g/mol. The normalized spacial score (nSPS) is 11.0. The zero-order valence-corrected chi connectivity index (χ0v) is 13.0. The SMILES string of the molecule is CCOc1ccc(NC(=O)CC(C)(C)CC(=O)O)c(C)c1. The van der Waals surface area contributed by atoms with E-state index in [0.717, 1.165) is 17.0 Å². The Labute approximate surface area is 125 Å². The maximum Gasteiger partial charge on any atom is 0.303 e. The van der Waals surface area contributed by atoms with Crippen molar-refractivity contribution in [2.24, 2.45) is 5.41 Å². The van der Waals surface area contributed by atoms with Gasteiger partial charge in [0.25, 0.3) is 0 Å². The van der Waals surface area contributed by atoms with Crippen molar-refractivity contribution in [2.75, 3.05) is 11.9 Å². The molecule has 1 rings (SSSR count). The Kier molecular flexibility index (Phi) is 5.76. The zero-order chi connectivity index (χ0) is 16.0. The summed E-state index contributed by atoms with van der Waals surface area (Å²) < 4.78 is 5.39. The molecule has 0 aliphatic rings. The molecule has 0 saturated carbocycles. The van der Waals surface area contributed by atoms with Crippen molar-refractivity contribution in [3.05, 3.63) is 23.8 Å². The summed E-state index contributed by atoms with van der Waals surface area (Å²) in [4.78, 5) is 22.8. The number of carbonyl (C=O) groups is 2. The van der Waals surface area contributed by atoms with Gasteiger partial charge in [0.15, 0.2) is 0 Å². The second-order valence-electron chi connectivity index (χ2n) is 5.87. The van der Waals surface area contributed by atoms with Gasteiger partial charge in [-0.1, -0.05) is 13.8 Å². The Balaban J connectivity index is 2.68. The molecule has 0 heterocycles. The first kappa shape index (κ1) is 17.0. The van der Waals surface area contributed by atoms with Crippen molar-refractivity contribution in [1.29, 1.82) is 0 Å². The minimum Gasteiger partial charge on any atom is -0.494 e. The molecule has 1 amide bonds. The van der Waals surface area contributed by atoms with E-state index < -0.39 is 11.4 Å². The number of carbonyl (C=O) groups excluding carboxylic acids is 1. The van der Waals surface area contributed by atoms with Crippen LogP contribution in [0, 0.1) is 12.3 Å². The highest BCUT2D eigenvalue weighted by atomic mass is 16.5. The molecule has 0 spiro atoms. The average Bonchev–Trinajstić information content (AvgIpc) is 2.30. The van der Waals surface area contributed by atoms with E-state index in [4.69, 9.17) is 9.84 Å². The highest BCUT2D eigenvalue weighted by molar-refractivity contribution is 5.92. The van der Waals surface area contributed by atoms with Crippen molar-refractivity contribution >= 4 is 17.6 Å². The summed E-state index contributed by atoms with van der Waals surface area (Å²) in [5.41, 5.74) is 1.05. The van der Waals surface area contributed by atoms with Gasteiger partial charge in [0, 0.05) is 12.1 Å². The summed E-state index contributed by atoms with van der Waals surface area (Å²) in [6.07, 6.45) is 0.120. The molecule has 0 atom stereocenters. The topological polar surface area (TPSA) is 75.6 Å². The molecule has 2 N–H and O–H groups in total. The number of anilines is 1. The van der Waals surface area contributed by atoms with E-state index in [1.54, 1.807) is 26.0 Å². The molecule has 0 fully saturated rings. The van der Waals surface area contributed by atoms with Gasteiger partial charge in [-0.2, -0.15) is 0 Å². The lowest BCUT2D eigenvalue weighted by Gasteiger charge is -2.21. The average molecular weight is 293 g/mol. The van der Waals surface area contributed by atoms with Crippen LogP contribution in [0.5, 0.6) is 5.75 Å². The van der Waals surface area contributed by atoms with Crippen LogP contribution in [-0.4, -0.2) is 23.6 Å². The fraction of sp³-hybridized carbons (Fsp3) is 0.500. The first-order chi connectivity index (χ1) is 9.73. The number of rotatable bonds is 7. The van der Waals surface area contributed by atoms with Crippen molar-refractivity contribution in [2.45, 2.75) is 40.5 Å². The lowest BCUT2D eigenvalue weighted by Crippen LogP contribution is -2.25. The largest absolute Gasteiger partial charge is 0.494 e. The van der Waals surface area contributed by atoms with E-state index in [1.807, 2.05) is 19.9 Å². The molecule has 5 nitrogen and oxygen atoms in total. The van der Waals surface area contributed by atoms with Crippen LogP contribution < -0.4 is 10.1 Å². The Bertz CT molecular complexity index is 523. The Hall–Kier alpha value is -2.04. The number of hydrogen-bond donors (Lipinski definition) is 2. The molecule has 0 saturated heterocycles. The number of benzene rings is 1. The van der Waals surface area contributed by atoms with Gasteiger partial charge in [-0.25, -0.2) is 0 Å². The summed E-state index contributed by atoms with van der Waals surface area (Å²) in [6.45, 7) is 7.93. The standard InChI is InChI=1S/C16H23NO4/c1-5-21-12-6-7-13(11(2)8-12)17-14(18)9-16(3,4)10-15(19)20/h6-8H,5,9-10H2,1-4H3,(H,17,18)(H,19,20). The van der Waals surface area contributed by atoms with Gasteiger partial charge in [-0.3, -0.25) is 9.59 Å². The van der Waals surface area contributed by atoms with Crippen molar-refractivity contribution < 1.29 is 19.4 Å². The highest BCUT2D eigenvalue weighted by Gasteiger charge is 2.25. The molecule has 0 radical (unpaired) electrons. The van der Waals surface area contributed by atoms with E-state index in [9.17, 15) is 9.59 Å². The molecule has 1 aromatic rings. The number of ether oxygens (including phenoxy) is 1. The van der Waals surface area contributed by atoms with Crippen molar-refractivity contribution in [3.8, 4) is 5.75 Å². The first-order valence-electron chi connectivity index (χ1n) is 6.98. The van der Waals surface area contributed by atoms with Gasteiger partial charge in [-0.05, 0) is 43.0 Å². The van der Waals surface area contributed by atoms with Gasteiger partial charge in [0.1, 0.15) is 5.75 Å². The molecule has 21 heavy (non-hydrogen) atoms. The van der Waals surface area contributed by atoms with Crippen LogP contribution in [0.2, 0.25) is 0 Å². The maximum absolute atomic E-state index is 12.0. The minimum absolute atomic E-state index is 0.0390. The quantitative estimate of drug-likeness (QED) is 0.809. The predicted molar refractivity (Wildman–Crippen MR) is 81.6 cm³/mol. The third kappa shape index (κ3) is 5.85. The van der Waals surface area contributed by atoms with E-state index in [0.29, 0.717) is 6.61 Å². The highest BCUT2D eigenvalue weighted by Crippen LogP contribution is 2.27. The second-order valence-corrected chi connectivity index (χ2v) is 5.87. The number of carboxylic acid groups (broad SMARTS) is 1. The van der Waals surface area contributed by atoms with Gasteiger partial charge < -0.3 is 15.2 Å². The van der Waals surface area contributed by atoms with Gasteiger partial charge in [0.05, 0.1) is 13.0 Å². The number of hydrogen-bond acceptors (Lipinski definition) is 3. The second kappa shape index (κ2) is 7.11. The Morgan fingerprint density at radius 1 is 1.29 bits per heavy atom. The molecule has 0 bridgehead atoms. The summed E-state index contributed by atoms with van der Waals surface area (Å²) in [5, 5.41) is 11.7. The smallest absolute Gasteiger partial charge is 0.303 e. The number of aryl methyl sites for hydroxylation is 1. The third-order valence-electron chi connectivity index (χ3n) is 3.05. The van der Waals surface area contributed by atoms with E-state index in [2.05, 4.69) is 5.32 Å². The van der Waals surface area contributed by atoms with Gasteiger partial charge in [-0.15, -0.1) is 0 Å². The maximum atomic E-state index is 12.0. The summed E-state index contributed by atoms with van der Waals surface area (Å²) >= 11 is 0. The number of nitrogens with one attached hydrogen (secondary N) is 1. The molecule has 0 unspecified atom stereocenters. The summed E-state index contributed by atoms with van der Waals surface area (Å²) in [6, 6.07) is 5.46. The molecule has 0 aromatic heterocycles. The van der Waals surface area contributed by atoms with Gasteiger partial charge in [0.2, 0.25) is 5.91 Å². The van der Waals surface area contributed by atoms with Crippen molar-refractivity contribution in [3.63, 3.8) is 0 Å². The lowest BCUT2D eigenvalue weighted by atomic mass is 9.85. The third-order valence-corrected chi connectivity index (χ3v) is 3.05. The minimum atomic E-state index is -0.898. The first-order valence-corrected chi connectivity index (χ1v) is 6.98. The molecule has 5 heteroatoms. The van der Waals surface area contributed by atoms with Crippen LogP contribution in [0.15, 0.2) is 18.2 Å². The Morgan fingerprint density at radius 3 is 2.48 bits per heavy atom. The number of aliphatic carboxylic acids is 1. The number of amides is 1. The molecule has 116 valence electrons. The summed E-state index contributed by atoms with van der Waals surface area (Å²) in [7, 11) is 0. The van der Waals surface area contributed by atoms with Crippen LogP contribution in [0.25, 0.3) is 0 Å². The van der Waals surface area contributed by atoms with Crippen molar-refractivity contribution in [1.82, 2.24) is 0 Å². The van der Waals surface area contributed by atoms with Gasteiger partial charge >= 0.3 is 5.97 Å². The Morgan fingerprint density at radius 2 is 1.95 bits per heavy atom. The van der Waals surface area contributed by atoms with Crippen LogP contribution in [0.1, 0.15) is 39.2 Å². The fourth-order valence-electron chi connectivity index (χ4n) is 2.13. The van der Waals surface area contributed by atoms with E-state index >= 15 is 0 Å². The van der Waals surface area contributed by atoms with E-state index in [1.165, 1.54) is 0 Å². The van der Waals surface area contributed by atoms with Crippen LogP contribution in [0.3, 0.4) is 0 Å². The fourth-order valence-corrected chi connectivity index (χ4v) is 2.13. The van der Waals surface area contributed by atoms with E-state index in [-0.39, 0.29) is 18.7 Å². The van der Waals surface area contributed by atoms with Crippen LogP contribution >= 0.6 is 0 Å². The van der Waals surface area contributed by atoms with Crippen LogP contribution in [0.4, 0.5) is 5.69 Å². The molecule has 0 aliphatic carbocycles. The predicted octanol–water partition coefficient (Wildman–Crippen LogP) is 3.22.